The smallest absolute Gasteiger partial charge is 0.243 e. The van der Waals surface area contributed by atoms with Crippen LogP contribution in [0, 0.1) is 0 Å². The molecule has 104 valence electrons. The van der Waals surface area contributed by atoms with Gasteiger partial charge in [-0.1, -0.05) is 23.8 Å². The third-order valence-corrected chi connectivity index (χ3v) is 5.24. The van der Waals surface area contributed by atoms with Crippen LogP contribution in [-0.2, 0) is 16.4 Å². The van der Waals surface area contributed by atoms with E-state index in [-0.39, 0.29) is 6.61 Å². The van der Waals surface area contributed by atoms with Crippen LogP contribution >= 0.6 is 0 Å². The Morgan fingerprint density at radius 1 is 1.26 bits per heavy atom. The van der Waals surface area contributed by atoms with E-state index in [0.29, 0.717) is 24.4 Å². The summed E-state index contributed by atoms with van der Waals surface area (Å²) in [5.74, 6) is 0. The monoisotopic (exact) mass is 281 g/mol. The van der Waals surface area contributed by atoms with Crippen molar-refractivity contribution in [3.8, 4) is 0 Å². The molecule has 4 nitrogen and oxygen atoms in total. The Bertz CT molecular complexity index is 561. The summed E-state index contributed by atoms with van der Waals surface area (Å²) in [6.07, 6.45) is 3.30. The van der Waals surface area contributed by atoms with Gasteiger partial charge in [-0.3, -0.25) is 0 Å². The number of benzene rings is 1. The molecule has 19 heavy (non-hydrogen) atoms. The Labute approximate surface area is 114 Å². The normalized spacial score (nSPS) is 17.3. The highest BCUT2D eigenvalue weighted by Crippen LogP contribution is 2.20. The summed E-state index contributed by atoms with van der Waals surface area (Å²) >= 11 is 0. The van der Waals surface area contributed by atoms with Crippen LogP contribution in [0.15, 0.2) is 40.8 Å². The summed E-state index contributed by atoms with van der Waals surface area (Å²) in [7, 11) is -3.39. The quantitative estimate of drug-likeness (QED) is 0.852. The van der Waals surface area contributed by atoms with E-state index in [0.717, 1.165) is 12.0 Å². The van der Waals surface area contributed by atoms with E-state index in [1.165, 1.54) is 9.88 Å². The number of hydrogen-bond acceptors (Lipinski definition) is 3. The maximum Gasteiger partial charge on any atom is 0.243 e. The summed E-state index contributed by atoms with van der Waals surface area (Å²) < 4.78 is 26.3. The highest BCUT2D eigenvalue weighted by Gasteiger charge is 2.25. The van der Waals surface area contributed by atoms with Gasteiger partial charge in [0.2, 0.25) is 10.0 Å². The predicted octanol–water partition coefficient (Wildman–Crippen LogP) is 1.56. The van der Waals surface area contributed by atoms with E-state index in [4.69, 9.17) is 5.11 Å². The molecular formula is C14H19NO3S. The molecule has 2 rings (SSSR count). The Morgan fingerprint density at radius 3 is 2.47 bits per heavy atom. The second-order valence-corrected chi connectivity index (χ2v) is 6.72. The summed E-state index contributed by atoms with van der Waals surface area (Å²) in [5, 5.41) is 8.84. The highest BCUT2D eigenvalue weighted by atomic mass is 32.2. The van der Waals surface area contributed by atoms with Crippen LogP contribution in [0.5, 0.6) is 0 Å². The van der Waals surface area contributed by atoms with Crippen molar-refractivity contribution in [2.75, 3.05) is 19.7 Å². The average molecular weight is 281 g/mol. The fourth-order valence-electron chi connectivity index (χ4n) is 2.08. The third-order valence-electron chi connectivity index (χ3n) is 3.36. The zero-order valence-corrected chi connectivity index (χ0v) is 11.9. The van der Waals surface area contributed by atoms with Gasteiger partial charge in [-0.25, -0.2) is 8.42 Å². The molecule has 1 heterocycles. The molecule has 1 aromatic rings. The Hall–Kier alpha value is -1.17. The first-order valence-corrected chi connectivity index (χ1v) is 7.83. The second kappa shape index (κ2) is 5.86. The average Bonchev–Trinajstić information content (AvgIpc) is 2.40. The number of aliphatic hydroxyl groups is 1. The molecule has 1 aliphatic heterocycles. The lowest BCUT2D eigenvalue weighted by atomic mass is 10.1. The van der Waals surface area contributed by atoms with Crippen molar-refractivity contribution < 1.29 is 13.5 Å². The van der Waals surface area contributed by atoms with Gasteiger partial charge in [-0.15, -0.1) is 0 Å². The van der Waals surface area contributed by atoms with Crippen LogP contribution in [0.2, 0.25) is 0 Å². The Kier molecular flexibility index (Phi) is 4.39. The van der Waals surface area contributed by atoms with Gasteiger partial charge in [0.1, 0.15) is 0 Å². The summed E-state index contributed by atoms with van der Waals surface area (Å²) in [4.78, 5) is 0.321. The zero-order chi connectivity index (χ0) is 13.9. The first-order valence-electron chi connectivity index (χ1n) is 6.39. The highest BCUT2D eigenvalue weighted by molar-refractivity contribution is 7.89. The van der Waals surface area contributed by atoms with Crippen LogP contribution in [0.1, 0.15) is 18.9 Å². The fourth-order valence-corrected chi connectivity index (χ4v) is 3.46. The van der Waals surface area contributed by atoms with E-state index in [2.05, 4.69) is 0 Å². The molecular weight excluding hydrogens is 262 g/mol. The van der Waals surface area contributed by atoms with Crippen molar-refractivity contribution in [1.29, 1.82) is 0 Å². The van der Waals surface area contributed by atoms with E-state index >= 15 is 0 Å². The van der Waals surface area contributed by atoms with Crippen molar-refractivity contribution >= 4 is 10.0 Å². The molecule has 0 aliphatic carbocycles. The topological polar surface area (TPSA) is 57.6 Å². The van der Waals surface area contributed by atoms with Gasteiger partial charge >= 0.3 is 0 Å². The third kappa shape index (κ3) is 3.23. The van der Waals surface area contributed by atoms with E-state index in [1.54, 1.807) is 24.3 Å². The van der Waals surface area contributed by atoms with E-state index in [1.807, 2.05) is 13.0 Å². The van der Waals surface area contributed by atoms with Gasteiger partial charge in [0.25, 0.3) is 0 Å². The van der Waals surface area contributed by atoms with Crippen LogP contribution < -0.4 is 0 Å². The number of rotatable bonds is 4. The van der Waals surface area contributed by atoms with Gasteiger partial charge in [0.05, 0.1) is 4.90 Å². The Morgan fingerprint density at radius 2 is 1.95 bits per heavy atom. The SMILES string of the molecule is CC1=CCN(S(=O)(=O)c2ccc(CCO)cc2)CC1. The zero-order valence-electron chi connectivity index (χ0n) is 11.0. The predicted molar refractivity (Wildman–Crippen MR) is 74.4 cm³/mol. The lowest BCUT2D eigenvalue weighted by molar-refractivity contribution is 0.299. The molecule has 1 N–H and O–H groups in total. The molecule has 0 aromatic heterocycles. The summed E-state index contributed by atoms with van der Waals surface area (Å²) in [5.41, 5.74) is 2.18. The second-order valence-electron chi connectivity index (χ2n) is 4.78. The largest absolute Gasteiger partial charge is 0.396 e. The van der Waals surface area contributed by atoms with Crippen molar-refractivity contribution in [1.82, 2.24) is 4.31 Å². The Balaban J connectivity index is 2.20. The minimum Gasteiger partial charge on any atom is -0.396 e. The van der Waals surface area contributed by atoms with Crippen molar-refractivity contribution in [2.24, 2.45) is 0 Å². The first-order chi connectivity index (χ1) is 9.04. The molecule has 1 aliphatic rings. The molecule has 0 bridgehead atoms. The molecule has 0 amide bonds. The standard InChI is InChI=1S/C14H19NO3S/c1-12-6-9-15(10-7-12)19(17,18)14-4-2-13(3-5-14)8-11-16/h2-6,16H,7-11H2,1H3. The maximum atomic E-state index is 12.4. The fraction of sp³-hybridized carbons (Fsp3) is 0.429. The van der Waals surface area contributed by atoms with Crippen molar-refractivity contribution in [2.45, 2.75) is 24.7 Å². The molecule has 0 fully saturated rings. The summed E-state index contributed by atoms with van der Waals surface area (Å²) in [6.45, 7) is 3.09. The molecule has 0 saturated heterocycles. The molecule has 5 heteroatoms. The number of hydrogen-bond donors (Lipinski definition) is 1. The van der Waals surface area contributed by atoms with Gasteiger partial charge in [-0.2, -0.15) is 4.31 Å². The van der Waals surface area contributed by atoms with Crippen LogP contribution in [-0.4, -0.2) is 37.5 Å². The van der Waals surface area contributed by atoms with Crippen molar-refractivity contribution in [3.63, 3.8) is 0 Å². The van der Waals surface area contributed by atoms with Crippen molar-refractivity contribution in [3.05, 3.63) is 41.5 Å². The van der Waals surface area contributed by atoms with Crippen LogP contribution in [0.25, 0.3) is 0 Å². The number of sulfonamides is 1. The molecule has 0 saturated carbocycles. The number of aliphatic hydroxyl groups excluding tert-OH is 1. The minimum absolute atomic E-state index is 0.0717. The molecule has 0 atom stereocenters. The molecule has 0 unspecified atom stereocenters. The van der Waals surface area contributed by atoms with E-state index < -0.39 is 10.0 Å². The van der Waals surface area contributed by atoms with Gasteiger partial charge in [-0.05, 0) is 37.5 Å². The molecule has 0 radical (unpaired) electrons. The summed E-state index contributed by atoms with van der Waals surface area (Å²) in [6, 6.07) is 6.75. The van der Waals surface area contributed by atoms with Gasteiger partial charge < -0.3 is 5.11 Å². The molecule has 0 spiro atoms. The van der Waals surface area contributed by atoms with Crippen LogP contribution in [0.3, 0.4) is 0 Å². The first kappa shape index (κ1) is 14.2. The van der Waals surface area contributed by atoms with Gasteiger partial charge in [0.15, 0.2) is 0 Å². The minimum atomic E-state index is -3.39. The lowest BCUT2D eigenvalue weighted by Crippen LogP contribution is -2.34. The molecule has 1 aromatic carbocycles. The maximum absolute atomic E-state index is 12.4. The van der Waals surface area contributed by atoms with E-state index in [9.17, 15) is 8.42 Å². The van der Waals surface area contributed by atoms with Crippen LogP contribution in [0.4, 0.5) is 0 Å². The lowest BCUT2D eigenvalue weighted by Gasteiger charge is -2.24. The number of nitrogens with zero attached hydrogens (tertiary/aromatic N) is 1. The van der Waals surface area contributed by atoms with Gasteiger partial charge in [0, 0.05) is 19.7 Å².